The van der Waals surface area contributed by atoms with E-state index in [0.29, 0.717) is 36.1 Å². The van der Waals surface area contributed by atoms with Crippen LogP contribution in [0.5, 0.6) is 0 Å². The highest BCUT2D eigenvalue weighted by Crippen LogP contribution is 2.29. The normalized spacial score (nSPS) is 15.4. The lowest BCUT2D eigenvalue weighted by Gasteiger charge is -2.33. The van der Waals surface area contributed by atoms with Crippen molar-refractivity contribution in [3.63, 3.8) is 0 Å². The number of likely N-dealkylation sites (tertiary alicyclic amines) is 1. The number of ether oxygens (including phenoxy) is 1. The van der Waals surface area contributed by atoms with E-state index in [1.54, 1.807) is 17.9 Å². The molecule has 1 amide bonds. The lowest BCUT2D eigenvalue weighted by Crippen LogP contribution is -2.41. The smallest absolute Gasteiger partial charge is 0.410 e. The maximum absolute atomic E-state index is 14.1. The summed E-state index contributed by atoms with van der Waals surface area (Å²) in [4.78, 5) is 22.4. The second-order valence-corrected chi connectivity index (χ2v) is 9.90. The van der Waals surface area contributed by atoms with Gasteiger partial charge in [0.05, 0.1) is 6.04 Å². The molecule has 0 aliphatic carbocycles. The number of rotatable bonds is 6. The molecule has 1 aliphatic rings. The lowest BCUT2D eigenvalue weighted by atomic mass is 9.94. The average Bonchev–Trinajstić information content (AvgIpc) is 3.26. The van der Waals surface area contributed by atoms with Gasteiger partial charge >= 0.3 is 6.09 Å². The molecule has 0 spiro atoms. The second kappa shape index (κ2) is 10.5. The van der Waals surface area contributed by atoms with Crippen LogP contribution >= 0.6 is 0 Å². The molecule has 3 N–H and O–H groups in total. The molecule has 4 rings (SSSR count). The summed E-state index contributed by atoms with van der Waals surface area (Å²) in [5.41, 5.74) is 0.803. The molecular formula is C25H31F2N7O2. The third-order valence-corrected chi connectivity index (χ3v) is 5.90. The van der Waals surface area contributed by atoms with Gasteiger partial charge in [0.1, 0.15) is 35.2 Å². The van der Waals surface area contributed by atoms with Crippen molar-refractivity contribution in [1.29, 1.82) is 0 Å². The van der Waals surface area contributed by atoms with Crippen LogP contribution in [0.4, 0.5) is 31.0 Å². The number of benzene rings is 1. The standard InChI is InChI=1S/C25H31F2N7O2/c1-15(18-6-5-17(26)11-19(18)27)30-21-13-22(29-14-28-21)31-23-12-20(32-33-23)16-7-9-34(10-8-16)24(35)36-25(2,3)4/h5-6,11-16H,7-10H2,1-4H3,(H3,28,29,30,31,32,33). The van der Waals surface area contributed by atoms with Crippen LogP contribution in [0, 0.1) is 11.6 Å². The number of nitrogens with one attached hydrogen (secondary N) is 3. The Hall–Kier alpha value is -3.76. The SMILES string of the molecule is CC(Nc1cc(Nc2cc(C3CCN(C(=O)OC(C)(C)C)CC3)[nH]n2)ncn1)c1ccc(F)cc1F. The number of piperidine rings is 1. The first kappa shape index (κ1) is 25.3. The molecule has 0 saturated carbocycles. The van der Waals surface area contributed by atoms with E-state index in [9.17, 15) is 13.6 Å². The highest BCUT2D eigenvalue weighted by atomic mass is 19.1. The molecule has 36 heavy (non-hydrogen) atoms. The van der Waals surface area contributed by atoms with E-state index in [1.165, 1.54) is 18.5 Å². The number of hydrogen-bond acceptors (Lipinski definition) is 7. The van der Waals surface area contributed by atoms with E-state index >= 15 is 0 Å². The first-order chi connectivity index (χ1) is 17.1. The fourth-order valence-corrected chi connectivity index (χ4v) is 4.10. The fraction of sp³-hybridized carbons (Fsp3) is 0.440. The quantitative estimate of drug-likeness (QED) is 0.410. The van der Waals surface area contributed by atoms with Crippen molar-refractivity contribution in [1.82, 2.24) is 25.1 Å². The van der Waals surface area contributed by atoms with E-state index in [-0.39, 0.29) is 12.0 Å². The zero-order valence-electron chi connectivity index (χ0n) is 20.8. The summed E-state index contributed by atoms with van der Waals surface area (Å²) < 4.78 is 32.8. The van der Waals surface area contributed by atoms with E-state index < -0.39 is 23.3 Å². The van der Waals surface area contributed by atoms with Crippen molar-refractivity contribution in [3.05, 3.63) is 59.6 Å². The lowest BCUT2D eigenvalue weighted by molar-refractivity contribution is 0.0204. The van der Waals surface area contributed by atoms with Crippen LogP contribution in [-0.4, -0.2) is 49.8 Å². The summed E-state index contributed by atoms with van der Waals surface area (Å²) in [7, 11) is 0. The maximum atomic E-state index is 14.1. The van der Waals surface area contributed by atoms with Crippen molar-refractivity contribution >= 4 is 23.5 Å². The van der Waals surface area contributed by atoms with Crippen LogP contribution in [-0.2, 0) is 4.74 Å². The van der Waals surface area contributed by atoms with Crippen LogP contribution < -0.4 is 10.6 Å². The minimum atomic E-state index is -0.622. The zero-order chi connectivity index (χ0) is 25.9. The zero-order valence-corrected chi connectivity index (χ0v) is 20.8. The van der Waals surface area contributed by atoms with Gasteiger partial charge in [0.15, 0.2) is 5.82 Å². The summed E-state index contributed by atoms with van der Waals surface area (Å²) in [6.45, 7) is 8.59. The Kier molecular flexibility index (Phi) is 7.37. The number of H-pyrrole nitrogens is 1. The summed E-state index contributed by atoms with van der Waals surface area (Å²) in [6, 6.07) is 6.67. The molecule has 1 aromatic carbocycles. The van der Waals surface area contributed by atoms with Gasteiger partial charge in [-0.25, -0.2) is 23.5 Å². The first-order valence-electron chi connectivity index (χ1n) is 11.9. The molecule has 3 aromatic rings. The monoisotopic (exact) mass is 499 g/mol. The van der Waals surface area contributed by atoms with Crippen molar-refractivity contribution in [2.24, 2.45) is 0 Å². The first-order valence-corrected chi connectivity index (χ1v) is 11.9. The van der Waals surface area contributed by atoms with Gasteiger partial charge in [-0.2, -0.15) is 5.10 Å². The van der Waals surface area contributed by atoms with Gasteiger partial charge in [-0.15, -0.1) is 0 Å². The van der Waals surface area contributed by atoms with Gasteiger partial charge in [-0.3, -0.25) is 5.10 Å². The molecule has 3 heterocycles. The molecule has 1 unspecified atom stereocenters. The van der Waals surface area contributed by atoms with Crippen molar-refractivity contribution in [3.8, 4) is 0 Å². The Balaban J connectivity index is 1.34. The van der Waals surface area contributed by atoms with Crippen LogP contribution in [0.25, 0.3) is 0 Å². The van der Waals surface area contributed by atoms with Gasteiger partial charge < -0.3 is 20.3 Å². The highest BCUT2D eigenvalue weighted by Gasteiger charge is 2.28. The Labute approximate surface area is 208 Å². The molecule has 11 heteroatoms. The highest BCUT2D eigenvalue weighted by molar-refractivity contribution is 5.68. The number of amides is 1. The van der Waals surface area contributed by atoms with Crippen LogP contribution in [0.3, 0.4) is 0 Å². The average molecular weight is 500 g/mol. The largest absolute Gasteiger partial charge is 0.444 e. The van der Waals surface area contributed by atoms with Gasteiger partial charge in [-0.1, -0.05) is 6.07 Å². The number of aromatic amines is 1. The Bertz CT molecular complexity index is 1200. The van der Waals surface area contributed by atoms with E-state index in [1.807, 2.05) is 26.8 Å². The minimum Gasteiger partial charge on any atom is -0.444 e. The third kappa shape index (κ3) is 6.46. The molecule has 1 aliphatic heterocycles. The van der Waals surface area contributed by atoms with Crippen LogP contribution in [0.2, 0.25) is 0 Å². The molecule has 0 bridgehead atoms. The summed E-state index contributed by atoms with van der Waals surface area (Å²) in [5.74, 6) is 0.598. The fourth-order valence-electron chi connectivity index (χ4n) is 4.10. The van der Waals surface area contributed by atoms with Crippen LogP contribution in [0.1, 0.15) is 63.8 Å². The molecular weight excluding hydrogens is 468 g/mol. The third-order valence-electron chi connectivity index (χ3n) is 5.90. The number of halogens is 2. The second-order valence-electron chi connectivity index (χ2n) is 9.90. The van der Waals surface area contributed by atoms with Gasteiger partial charge in [-0.05, 0) is 46.6 Å². The Morgan fingerprint density at radius 1 is 1.11 bits per heavy atom. The number of anilines is 3. The number of nitrogens with zero attached hydrogens (tertiary/aromatic N) is 4. The molecule has 1 atom stereocenters. The minimum absolute atomic E-state index is 0.251. The molecule has 1 fully saturated rings. The van der Waals surface area contributed by atoms with Crippen molar-refractivity contribution in [2.75, 3.05) is 23.7 Å². The predicted octanol–water partition coefficient (Wildman–Crippen LogP) is 5.51. The van der Waals surface area contributed by atoms with E-state index in [4.69, 9.17) is 4.74 Å². The number of aromatic nitrogens is 4. The molecule has 2 aromatic heterocycles. The Morgan fingerprint density at radius 3 is 2.53 bits per heavy atom. The molecule has 192 valence electrons. The van der Waals surface area contributed by atoms with Crippen molar-refractivity contribution in [2.45, 2.75) is 58.1 Å². The van der Waals surface area contributed by atoms with Crippen LogP contribution in [0.15, 0.2) is 36.7 Å². The van der Waals surface area contributed by atoms with E-state index in [2.05, 4.69) is 30.8 Å². The number of hydrogen-bond donors (Lipinski definition) is 3. The number of carbonyl (C=O) groups excluding carboxylic acids is 1. The predicted molar refractivity (Wildman–Crippen MR) is 132 cm³/mol. The molecule has 1 saturated heterocycles. The number of carbonyl (C=O) groups is 1. The summed E-state index contributed by atoms with van der Waals surface area (Å²) in [6.07, 6.45) is 2.72. The molecule has 9 nitrogen and oxygen atoms in total. The van der Waals surface area contributed by atoms with Crippen molar-refractivity contribution < 1.29 is 18.3 Å². The maximum Gasteiger partial charge on any atom is 0.410 e. The van der Waals surface area contributed by atoms with Gasteiger partial charge in [0.2, 0.25) is 0 Å². The van der Waals surface area contributed by atoms with Gasteiger partial charge in [0.25, 0.3) is 0 Å². The summed E-state index contributed by atoms with van der Waals surface area (Å²) in [5, 5.41) is 13.7. The Morgan fingerprint density at radius 2 is 1.83 bits per heavy atom. The van der Waals surface area contributed by atoms with Gasteiger partial charge in [0, 0.05) is 48.5 Å². The van der Waals surface area contributed by atoms with E-state index in [0.717, 1.165) is 24.6 Å². The molecule has 0 radical (unpaired) electrons. The topological polar surface area (TPSA) is 108 Å². The summed E-state index contributed by atoms with van der Waals surface area (Å²) >= 11 is 0.